The summed E-state index contributed by atoms with van der Waals surface area (Å²) in [5.41, 5.74) is 4.27. The molecule has 0 aliphatic rings. The third-order valence-corrected chi connectivity index (χ3v) is 5.16. The maximum absolute atomic E-state index is 13.2. The Bertz CT molecular complexity index is 831. The van der Waals surface area contributed by atoms with E-state index in [-0.39, 0.29) is 18.2 Å². The molecule has 0 fully saturated rings. The van der Waals surface area contributed by atoms with Crippen LogP contribution in [-0.2, 0) is 22.6 Å². The maximum atomic E-state index is 13.2. The summed E-state index contributed by atoms with van der Waals surface area (Å²) in [6, 6.07) is 13.1. The second-order valence-electron chi connectivity index (χ2n) is 7.43. The summed E-state index contributed by atoms with van der Waals surface area (Å²) in [5, 5.41) is 2.90. The molecule has 0 aliphatic carbocycles. The van der Waals surface area contributed by atoms with Gasteiger partial charge < -0.3 is 15.0 Å². The van der Waals surface area contributed by atoms with Crippen molar-refractivity contribution in [2.75, 3.05) is 13.7 Å². The number of benzene rings is 2. The molecule has 0 spiro atoms. The normalized spacial score (nSPS) is 11.6. The summed E-state index contributed by atoms with van der Waals surface area (Å²) in [6.07, 6.45) is 1.12. The van der Waals surface area contributed by atoms with E-state index in [1.54, 1.807) is 18.9 Å². The Kier molecular flexibility index (Phi) is 8.25. The topological polar surface area (TPSA) is 58.6 Å². The molecule has 0 saturated carbocycles. The van der Waals surface area contributed by atoms with Gasteiger partial charge in [0.15, 0.2) is 0 Å². The molecule has 0 bridgehead atoms. The molecule has 0 saturated heterocycles. The minimum Gasteiger partial charge on any atom is -0.497 e. The monoisotopic (exact) mass is 396 g/mol. The van der Waals surface area contributed by atoms with Crippen molar-refractivity contribution in [3.05, 3.63) is 64.7 Å². The third-order valence-electron chi connectivity index (χ3n) is 5.16. The lowest BCUT2D eigenvalue weighted by Crippen LogP contribution is -2.48. The Balaban J connectivity index is 2.22. The van der Waals surface area contributed by atoms with Crippen LogP contribution in [0.25, 0.3) is 0 Å². The van der Waals surface area contributed by atoms with Crippen molar-refractivity contribution in [2.45, 2.75) is 53.1 Å². The van der Waals surface area contributed by atoms with Gasteiger partial charge in [0, 0.05) is 13.1 Å². The Morgan fingerprint density at radius 1 is 1.03 bits per heavy atom. The van der Waals surface area contributed by atoms with Gasteiger partial charge in [-0.1, -0.05) is 37.3 Å². The summed E-state index contributed by atoms with van der Waals surface area (Å²) in [5.74, 6) is 0.563. The van der Waals surface area contributed by atoms with Crippen LogP contribution in [0.15, 0.2) is 42.5 Å². The van der Waals surface area contributed by atoms with E-state index in [1.807, 2.05) is 56.3 Å². The second kappa shape index (κ2) is 10.6. The Hall–Kier alpha value is -2.82. The first-order valence-corrected chi connectivity index (χ1v) is 10.1. The quantitative estimate of drug-likeness (QED) is 0.701. The van der Waals surface area contributed by atoms with Crippen LogP contribution in [0.3, 0.4) is 0 Å². The predicted molar refractivity (Wildman–Crippen MR) is 116 cm³/mol. The summed E-state index contributed by atoms with van der Waals surface area (Å²) < 4.78 is 5.21. The Labute approximate surface area is 174 Å². The van der Waals surface area contributed by atoms with Crippen molar-refractivity contribution in [1.82, 2.24) is 10.2 Å². The van der Waals surface area contributed by atoms with Crippen LogP contribution in [0.2, 0.25) is 0 Å². The number of carbonyl (C=O) groups excluding carboxylic acids is 2. The predicted octanol–water partition coefficient (Wildman–Crippen LogP) is 3.80. The second-order valence-corrected chi connectivity index (χ2v) is 7.43. The van der Waals surface area contributed by atoms with Gasteiger partial charge in [0.2, 0.25) is 11.8 Å². The van der Waals surface area contributed by atoms with Crippen molar-refractivity contribution in [1.29, 1.82) is 0 Å². The van der Waals surface area contributed by atoms with Crippen LogP contribution < -0.4 is 10.1 Å². The largest absolute Gasteiger partial charge is 0.497 e. The zero-order valence-corrected chi connectivity index (χ0v) is 18.1. The van der Waals surface area contributed by atoms with Crippen LogP contribution >= 0.6 is 0 Å². The standard InChI is InChI=1S/C24H32N2O3/c1-6-13-25-24(28)19(4)26(16-20-9-11-22(29-5)12-10-20)23(27)15-21-8-7-17(2)18(3)14-21/h7-12,14,19H,6,13,15-16H2,1-5H3,(H,25,28)/t19-/m1/s1. The fourth-order valence-electron chi connectivity index (χ4n) is 3.10. The van der Waals surface area contributed by atoms with Gasteiger partial charge in [0.05, 0.1) is 13.5 Å². The first-order chi connectivity index (χ1) is 13.8. The van der Waals surface area contributed by atoms with E-state index in [1.165, 1.54) is 5.56 Å². The lowest BCUT2D eigenvalue weighted by molar-refractivity contribution is -0.140. The molecule has 2 aromatic carbocycles. The molecule has 29 heavy (non-hydrogen) atoms. The number of hydrogen-bond acceptors (Lipinski definition) is 3. The van der Waals surface area contributed by atoms with Gasteiger partial charge in [-0.2, -0.15) is 0 Å². The Morgan fingerprint density at radius 3 is 2.28 bits per heavy atom. The van der Waals surface area contributed by atoms with Gasteiger partial charge in [-0.15, -0.1) is 0 Å². The molecular formula is C24H32N2O3. The highest BCUT2D eigenvalue weighted by Gasteiger charge is 2.26. The summed E-state index contributed by atoms with van der Waals surface area (Å²) in [6.45, 7) is 8.85. The molecule has 0 radical (unpaired) electrons. The van der Waals surface area contributed by atoms with Crippen LogP contribution in [0.5, 0.6) is 5.75 Å². The van der Waals surface area contributed by atoms with Gasteiger partial charge in [0.1, 0.15) is 11.8 Å². The minimum atomic E-state index is -0.553. The number of hydrogen-bond donors (Lipinski definition) is 1. The first kappa shape index (κ1) is 22.5. The average molecular weight is 397 g/mol. The highest BCUT2D eigenvalue weighted by Crippen LogP contribution is 2.17. The molecule has 1 N–H and O–H groups in total. The molecule has 2 rings (SSSR count). The van der Waals surface area contributed by atoms with E-state index in [0.717, 1.165) is 28.9 Å². The SMILES string of the molecule is CCCNC(=O)[C@@H](C)N(Cc1ccc(OC)cc1)C(=O)Cc1ccc(C)c(C)c1. The van der Waals surface area contributed by atoms with Crippen molar-refractivity contribution in [3.8, 4) is 5.75 Å². The average Bonchev–Trinajstić information content (AvgIpc) is 2.72. The molecule has 1 atom stereocenters. The number of rotatable bonds is 9. The lowest BCUT2D eigenvalue weighted by Gasteiger charge is -2.29. The zero-order chi connectivity index (χ0) is 21.4. The number of aryl methyl sites for hydroxylation is 2. The fourth-order valence-corrected chi connectivity index (χ4v) is 3.10. The molecule has 5 nitrogen and oxygen atoms in total. The van der Waals surface area contributed by atoms with Crippen molar-refractivity contribution >= 4 is 11.8 Å². The molecule has 2 amide bonds. The van der Waals surface area contributed by atoms with Crippen molar-refractivity contribution in [3.63, 3.8) is 0 Å². The number of nitrogens with zero attached hydrogens (tertiary/aromatic N) is 1. The molecule has 0 heterocycles. The summed E-state index contributed by atoms with van der Waals surface area (Å²) in [7, 11) is 1.62. The molecule has 0 unspecified atom stereocenters. The van der Waals surface area contributed by atoms with Gasteiger partial charge in [0.25, 0.3) is 0 Å². The molecule has 5 heteroatoms. The smallest absolute Gasteiger partial charge is 0.242 e. The van der Waals surface area contributed by atoms with Crippen LogP contribution in [-0.4, -0.2) is 36.4 Å². The van der Waals surface area contributed by atoms with Gasteiger partial charge in [-0.25, -0.2) is 0 Å². The van der Waals surface area contributed by atoms with E-state index in [9.17, 15) is 9.59 Å². The highest BCUT2D eigenvalue weighted by atomic mass is 16.5. The fraction of sp³-hybridized carbons (Fsp3) is 0.417. The number of ether oxygens (including phenoxy) is 1. The number of methoxy groups -OCH3 is 1. The summed E-state index contributed by atoms with van der Waals surface area (Å²) in [4.78, 5) is 27.4. The molecule has 156 valence electrons. The molecule has 2 aromatic rings. The zero-order valence-electron chi connectivity index (χ0n) is 18.1. The minimum absolute atomic E-state index is 0.0665. The summed E-state index contributed by atoms with van der Waals surface area (Å²) >= 11 is 0. The number of carbonyl (C=O) groups is 2. The molecule has 0 aromatic heterocycles. The lowest BCUT2D eigenvalue weighted by atomic mass is 10.0. The van der Waals surface area contributed by atoms with Gasteiger partial charge in [-0.3, -0.25) is 9.59 Å². The van der Waals surface area contributed by atoms with E-state index in [4.69, 9.17) is 4.74 Å². The van der Waals surface area contributed by atoms with E-state index in [0.29, 0.717) is 13.1 Å². The van der Waals surface area contributed by atoms with Crippen LogP contribution in [0, 0.1) is 13.8 Å². The van der Waals surface area contributed by atoms with Gasteiger partial charge in [-0.05, 0) is 61.6 Å². The van der Waals surface area contributed by atoms with Crippen molar-refractivity contribution < 1.29 is 14.3 Å². The van der Waals surface area contributed by atoms with Crippen LogP contribution in [0.1, 0.15) is 42.5 Å². The number of amides is 2. The first-order valence-electron chi connectivity index (χ1n) is 10.1. The maximum Gasteiger partial charge on any atom is 0.242 e. The van der Waals surface area contributed by atoms with Crippen LogP contribution in [0.4, 0.5) is 0 Å². The number of nitrogens with one attached hydrogen (secondary N) is 1. The van der Waals surface area contributed by atoms with E-state index >= 15 is 0 Å². The Morgan fingerprint density at radius 2 is 1.69 bits per heavy atom. The molecular weight excluding hydrogens is 364 g/mol. The van der Waals surface area contributed by atoms with E-state index < -0.39 is 6.04 Å². The van der Waals surface area contributed by atoms with Gasteiger partial charge >= 0.3 is 0 Å². The van der Waals surface area contributed by atoms with Crippen molar-refractivity contribution in [2.24, 2.45) is 0 Å². The third kappa shape index (κ3) is 6.34. The molecule has 0 aliphatic heterocycles. The van der Waals surface area contributed by atoms with E-state index in [2.05, 4.69) is 12.2 Å². The highest BCUT2D eigenvalue weighted by molar-refractivity contribution is 5.88.